The molecule has 1 aliphatic heterocycles. The molecule has 2 aromatic rings. The maximum absolute atomic E-state index is 11.4. The number of thiazole rings is 1. The number of aromatic nitrogens is 1. The van der Waals surface area contributed by atoms with Gasteiger partial charge in [-0.1, -0.05) is 30.3 Å². The fraction of sp³-hybridized carbons (Fsp3) is 0.438. The number of nitrogens with zero attached hydrogens (tertiary/aromatic N) is 2. The van der Waals surface area contributed by atoms with Crippen LogP contribution in [0.1, 0.15) is 18.5 Å². The van der Waals surface area contributed by atoms with E-state index in [0.717, 1.165) is 48.7 Å². The summed E-state index contributed by atoms with van der Waals surface area (Å²) >= 11 is 1.65. The molecule has 5 nitrogen and oxygen atoms in total. The zero-order chi connectivity index (χ0) is 16.3. The topological polar surface area (TPSA) is 62.3 Å². The largest absolute Gasteiger partial charge is 0.296 e. The molecule has 0 bridgehead atoms. The first-order valence-electron chi connectivity index (χ1n) is 7.69. The van der Waals surface area contributed by atoms with Gasteiger partial charge >= 0.3 is 0 Å². The fourth-order valence-corrected chi connectivity index (χ4v) is 4.54. The van der Waals surface area contributed by atoms with Crippen LogP contribution in [-0.2, 0) is 16.6 Å². The summed E-state index contributed by atoms with van der Waals surface area (Å²) in [5.74, 6) is 0. The van der Waals surface area contributed by atoms with Gasteiger partial charge in [-0.05, 0) is 19.4 Å². The minimum Gasteiger partial charge on any atom is -0.296 e. The van der Waals surface area contributed by atoms with Gasteiger partial charge in [-0.3, -0.25) is 4.90 Å². The van der Waals surface area contributed by atoms with Crippen molar-refractivity contribution in [2.45, 2.75) is 25.4 Å². The molecule has 1 aromatic heterocycles. The Hall–Kier alpha value is -1.28. The van der Waals surface area contributed by atoms with E-state index in [-0.39, 0.29) is 6.04 Å². The monoisotopic (exact) mass is 351 g/mol. The maximum Gasteiger partial charge on any atom is 0.208 e. The van der Waals surface area contributed by atoms with E-state index in [1.807, 2.05) is 18.2 Å². The van der Waals surface area contributed by atoms with Gasteiger partial charge in [0.25, 0.3) is 0 Å². The zero-order valence-corrected chi connectivity index (χ0v) is 14.7. The minimum atomic E-state index is -3.14. The minimum absolute atomic E-state index is 0.00554. The number of likely N-dealkylation sites (tertiary alicyclic amines) is 1. The number of hydrogen-bond acceptors (Lipinski definition) is 5. The van der Waals surface area contributed by atoms with Crippen LogP contribution in [-0.4, -0.2) is 43.7 Å². The van der Waals surface area contributed by atoms with Gasteiger partial charge in [0, 0.05) is 30.1 Å². The lowest BCUT2D eigenvalue weighted by Gasteiger charge is -2.32. The SMILES string of the molecule is CS(=O)(=O)NC1CCCN(Cc2csc(-c3ccccc3)n2)C1. The molecule has 1 unspecified atom stereocenters. The second kappa shape index (κ2) is 7.09. The third-order valence-electron chi connectivity index (χ3n) is 3.84. The first kappa shape index (κ1) is 16.6. The van der Waals surface area contributed by atoms with Crippen LogP contribution in [0.2, 0.25) is 0 Å². The first-order valence-corrected chi connectivity index (χ1v) is 10.5. The average molecular weight is 351 g/mol. The van der Waals surface area contributed by atoms with Gasteiger partial charge in [0.1, 0.15) is 5.01 Å². The molecule has 1 atom stereocenters. The van der Waals surface area contributed by atoms with Crippen LogP contribution in [0.4, 0.5) is 0 Å². The van der Waals surface area contributed by atoms with Crippen molar-refractivity contribution in [2.24, 2.45) is 0 Å². The molecule has 0 amide bonds. The van der Waals surface area contributed by atoms with Crippen LogP contribution in [0, 0.1) is 0 Å². The van der Waals surface area contributed by atoms with Crippen LogP contribution in [0.3, 0.4) is 0 Å². The molecule has 0 radical (unpaired) electrons. The number of rotatable bonds is 5. The number of piperidine rings is 1. The van der Waals surface area contributed by atoms with Gasteiger partial charge in [-0.2, -0.15) is 0 Å². The Labute approximate surface area is 141 Å². The van der Waals surface area contributed by atoms with Crippen molar-refractivity contribution in [2.75, 3.05) is 19.3 Å². The molecule has 0 spiro atoms. The van der Waals surface area contributed by atoms with Crippen LogP contribution < -0.4 is 4.72 Å². The van der Waals surface area contributed by atoms with E-state index >= 15 is 0 Å². The molecular weight excluding hydrogens is 330 g/mol. The summed E-state index contributed by atoms with van der Waals surface area (Å²) in [5.41, 5.74) is 2.19. The van der Waals surface area contributed by atoms with E-state index in [0.29, 0.717) is 0 Å². The summed E-state index contributed by atoms with van der Waals surface area (Å²) in [6.07, 6.45) is 3.12. The highest BCUT2D eigenvalue weighted by Gasteiger charge is 2.22. The quantitative estimate of drug-likeness (QED) is 0.898. The molecule has 1 N–H and O–H groups in total. The first-order chi connectivity index (χ1) is 11.0. The summed E-state index contributed by atoms with van der Waals surface area (Å²) in [5, 5.41) is 3.12. The van der Waals surface area contributed by atoms with E-state index < -0.39 is 10.0 Å². The van der Waals surface area contributed by atoms with Crippen LogP contribution in [0.25, 0.3) is 10.6 Å². The third-order valence-corrected chi connectivity index (χ3v) is 5.55. The van der Waals surface area contributed by atoms with E-state index in [1.165, 1.54) is 6.26 Å². The Morgan fingerprint density at radius 3 is 2.87 bits per heavy atom. The Balaban J connectivity index is 1.62. The molecule has 1 saturated heterocycles. The van der Waals surface area contributed by atoms with Gasteiger partial charge in [0.15, 0.2) is 0 Å². The van der Waals surface area contributed by atoms with Crippen molar-refractivity contribution < 1.29 is 8.42 Å². The Bertz CT molecular complexity index is 744. The zero-order valence-electron chi connectivity index (χ0n) is 13.1. The summed E-state index contributed by atoms with van der Waals surface area (Å²) in [6, 6.07) is 10.2. The van der Waals surface area contributed by atoms with Gasteiger partial charge in [-0.15, -0.1) is 11.3 Å². The Morgan fingerprint density at radius 2 is 2.13 bits per heavy atom. The van der Waals surface area contributed by atoms with E-state index in [4.69, 9.17) is 4.98 Å². The Kier molecular flexibility index (Phi) is 5.11. The second-order valence-corrected chi connectivity index (χ2v) is 8.61. The molecule has 0 aliphatic carbocycles. The molecule has 1 aromatic carbocycles. The highest BCUT2D eigenvalue weighted by atomic mass is 32.2. The molecule has 3 rings (SSSR count). The number of benzene rings is 1. The predicted octanol–water partition coefficient (Wildman–Crippen LogP) is 2.32. The lowest BCUT2D eigenvalue weighted by Crippen LogP contribution is -2.47. The standard InChI is InChI=1S/C16H21N3O2S2/c1-23(20,21)18-14-8-5-9-19(10-14)11-15-12-22-16(17-15)13-6-3-2-4-7-13/h2-4,6-7,12,14,18H,5,8-11H2,1H3. The van der Waals surface area contributed by atoms with Crippen LogP contribution in [0.15, 0.2) is 35.7 Å². The third kappa shape index (κ3) is 4.84. The number of hydrogen-bond donors (Lipinski definition) is 1. The molecule has 2 heterocycles. The van der Waals surface area contributed by atoms with Gasteiger partial charge in [0.05, 0.1) is 11.9 Å². The number of sulfonamides is 1. The van der Waals surface area contributed by atoms with E-state index in [2.05, 4.69) is 27.1 Å². The highest BCUT2D eigenvalue weighted by molar-refractivity contribution is 7.88. The molecule has 0 saturated carbocycles. The lowest BCUT2D eigenvalue weighted by atomic mass is 10.1. The number of nitrogens with one attached hydrogen (secondary N) is 1. The average Bonchev–Trinajstić information content (AvgIpc) is 2.95. The molecule has 124 valence electrons. The summed E-state index contributed by atoms with van der Waals surface area (Å²) < 4.78 is 25.5. The van der Waals surface area contributed by atoms with Crippen molar-refractivity contribution in [1.29, 1.82) is 0 Å². The van der Waals surface area contributed by atoms with Crippen molar-refractivity contribution in [1.82, 2.24) is 14.6 Å². The molecule has 7 heteroatoms. The van der Waals surface area contributed by atoms with Crippen LogP contribution >= 0.6 is 11.3 Å². The van der Waals surface area contributed by atoms with Crippen molar-refractivity contribution >= 4 is 21.4 Å². The van der Waals surface area contributed by atoms with Crippen LogP contribution in [0.5, 0.6) is 0 Å². The fourth-order valence-electron chi connectivity index (χ4n) is 2.92. The van der Waals surface area contributed by atoms with Gasteiger partial charge in [-0.25, -0.2) is 18.1 Å². The normalized spacial score (nSPS) is 19.8. The molecule has 1 fully saturated rings. The molecular formula is C16H21N3O2S2. The molecule has 23 heavy (non-hydrogen) atoms. The highest BCUT2D eigenvalue weighted by Crippen LogP contribution is 2.24. The second-order valence-electron chi connectivity index (χ2n) is 5.97. The van der Waals surface area contributed by atoms with E-state index in [9.17, 15) is 8.42 Å². The van der Waals surface area contributed by atoms with Crippen molar-refractivity contribution in [3.63, 3.8) is 0 Å². The van der Waals surface area contributed by atoms with Gasteiger partial charge < -0.3 is 0 Å². The summed E-state index contributed by atoms with van der Waals surface area (Å²) in [6.45, 7) is 2.50. The smallest absolute Gasteiger partial charge is 0.208 e. The maximum atomic E-state index is 11.4. The molecule has 1 aliphatic rings. The predicted molar refractivity (Wildman–Crippen MR) is 93.8 cm³/mol. The van der Waals surface area contributed by atoms with Crippen molar-refractivity contribution in [3.05, 3.63) is 41.4 Å². The lowest BCUT2D eigenvalue weighted by molar-refractivity contribution is 0.193. The Morgan fingerprint density at radius 1 is 1.35 bits per heavy atom. The van der Waals surface area contributed by atoms with Crippen molar-refractivity contribution in [3.8, 4) is 10.6 Å². The van der Waals surface area contributed by atoms with E-state index in [1.54, 1.807) is 11.3 Å². The summed E-state index contributed by atoms with van der Waals surface area (Å²) in [7, 11) is -3.14. The van der Waals surface area contributed by atoms with Gasteiger partial charge in [0.2, 0.25) is 10.0 Å². The summed E-state index contributed by atoms with van der Waals surface area (Å²) in [4.78, 5) is 6.99.